The van der Waals surface area contributed by atoms with Crippen LogP contribution in [0.4, 0.5) is 0 Å². The van der Waals surface area contributed by atoms with Gasteiger partial charge in [0.25, 0.3) is 5.56 Å². The molecular formula is C9H7BrN2O4S. The Balaban J connectivity index is 2.88. The van der Waals surface area contributed by atoms with Crippen LogP contribution in [-0.2, 0) is 11.3 Å². The van der Waals surface area contributed by atoms with E-state index in [1.54, 1.807) is 6.92 Å². The van der Waals surface area contributed by atoms with Crippen molar-refractivity contribution in [1.82, 2.24) is 9.55 Å². The number of halogens is 1. The molecular weight excluding hydrogens is 312 g/mol. The fourth-order valence-corrected chi connectivity index (χ4v) is 3.10. The van der Waals surface area contributed by atoms with E-state index in [9.17, 15) is 14.4 Å². The van der Waals surface area contributed by atoms with E-state index in [0.29, 0.717) is 20.3 Å². The quantitative estimate of drug-likeness (QED) is 0.860. The zero-order valence-electron chi connectivity index (χ0n) is 8.61. The van der Waals surface area contributed by atoms with Gasteiger partial charge in [0.2, 0.25) is 0 Å². The highest BCUT2D eigenvalue weighted by Gasteiger charge is 2.15. The number of hydrogen-bond donors (Lipinski definition) is 2. The number of carbonyl (C=O) groups is 1. The van der Waals surface area contributed by atoms with Crippen LogP contribution in [0.1, 0.15) is 5.56 Å². The molecule has 17 heavy (non-hydrogen) atoms. The highest BCUT2D eigenvalue weighted by atomic mass is 79.9. The van der Waals surface area contributed by atoms with Crippen LogP contribution < -0.4 is 11.2 Å². The van der Waals surface area contributed by atoms with Gasteiger partial charge in [-0.1, -0.05) is 0 Å². The maximum absolute atomic E-state index is 12.0. The summed E-state index contributed by atoms with van der Waals surface area (Å²) in [5.41, 5.74) is -0.588. The molecule has 0 aliphatic carbocycles. The number of aryl methyl sites for hydroxylation is 1. The van der Waals surface area contributed by atoms with Gasteiger partial charge in [0.15, 0.2) is 0 Å². The monoisotopic (exact) mass is 318 g/mol. The molecule has 2 rings (SSSR count). The van der Waals surface area contributed by atoms with Gasteiger partial charge >= 0.3 is 11.7 Å². The Morgan fingerprint density at radius 3 is 2.76 bits per heavy atom. The third-order valence-corrected chi connectivity index (χ3v) is 4.38. The number of aromatic amines is 1. The number of hydrogen-bond acceptors (Lipinski definition) is 4. The lowest BCUT2D eigenvalue weighted by Crippen LogP contribution is -2.37. The molecule has 0 atom stereocenters. The molecule has 0 saturated carbocycles. The molecule has 90 valence electrons. The summed E-state index contributed by atoms with van der Waals surface area (Å²) in [6.45, 7) is 1.09. The summed E-state index contributed by atoms with van der Waals surface area (Å²) in [5.74, 6) is -1.23. The summed E-state index contributed by atoms with van der Waals surface area (Å²) in [7, 11) is 0. The minimum atomic E-state index is -1.23. The molecule has 8 heteroatoms. The van der Waals surface area contributed by atoms with Crippen molar-refractivity contribution in [1.29, 1.82) is 0 Å². The van der Waals surface area contributed by atoms with Gasteiger partial charge in [-0.15, -0.1) is 11.3 Å². The van der Waals surface area contributed by atoms with Crippen molar-refractivity contribution in [3.05, 3.63) is 30.2 Å². The van der Waals surface area contributed by atoms with E-state index in [-0.39, 0.29) is 0 Å². The minimum absolute atomic E-state index is 0.350. The van der Waals surface area contributed by atoms with Gasteiger partial charge in [-0.05, 0) is 28.4 Å². The number of carboxylic acids is 1. The van der Waals surface area contributed by atoms with Crippen LogP contribution in [0.2, 0.25) is 0 Å². The molecule has 0 saturated heterocycles. The number of rotatable bonds is 2. The Morgan fingerprint density at radius 2 is 2.18 bits per heavy atom. The Hall–Kier alpha value is -1.41. The van der Waals surface area contributed by atoms with Gasteiger partial charge in [-0.3, -0.25) is 14.6 Å². The van der Waals surface area contributed by atoms with E-state index in [1.165, 1.54) is 11.3 Å². The summed E-state index contributed by atoms with van der Waals surface area (Å²) in [5, 5.41) is 8.99. The number of H-pyrrole nitrogens is 1. The molecule has 0 spiro atoms. The molecule has 2 heterocycles. The summed E-state index contributed by atoms with van der Waals surface area (Å²) >= 11 is 4.51. The number of aromatic nitrogens is 2. The summed E-state index contributed by atoms with van der Waals surface area (Å²) in [6.07, 6.45) is 0. The van der Waals surface area contributed by atoms with E-state index in [0.717, 1.165) is 3.79 Å². The Bertz CT molecular complexity index is 727. The predicted molar refractivity (Wildman–Crippen MR) is 66.8 cm³/mol. The van der Waals surface area contributed by atoms with Crippen LogP contribution in [0.3, 0.4) is 0 Å². The first kappa shape index (κ1) is 12.1. The smallest absolute Gasteiger partial charge is 0.329 e. The molecule has 0 aliphatic rings. The number of nitrogens with zero attached hydrogens (tertiary/aromatic N) is 1. The zero-order valence-corrected chi connectivity index (χ0v) is 11.0. The minimum Gasteiger partial charge on any atom is -0.480 e. The average Bonchev–Trinajstić information content (AvgIpc) is 2.49. The van der Waals surface area contributed by atoms with Crippen molar-refractivity contribution in [3.8, 4) is 0 Å². The van der Waals surface area contributed by atoms with E-state index < -0.39 is 23.8 Å². The molecule has 2 aromatic heterocycles. The van der Waals surface area contributed by atoms with E-state index >= 15 is 0 Å². The van der Waals surface area contributed by atoms with Crippen LogP contribution in [0.25, 0.3) is 10.2 Å². The number of carboxylic acid groups (broad SMARTS) is 1. The maximum atomic E-state index is 12.0. The summed E-state index contributed by atoms with van der Waals surface area (Å²) < 4.78 is 1.42. The topological polar surface area (TPSA) is 92.2 Å². The molecule has 0 bridgehead atoms. The fourth-order valence-electron chi connectivity index (χ4n) is 1.50. The summed E-state index contributed by atoms with van der Waals surface area (Å²) in [6, 6.07) is 0. The van der Waals surface area contributed by atoms with Gasteiger partial charge in [-0.25, -0.2) is 9.36 Å². The normalized spacial score (nSPS) is 10.9. The van der Waals surface area contributed by atoms with Crippen molar-refractivity contribution in [2.45, 2.75) is 13.5 Å². The van der Waals surface area contributed by atoms with Gasteiger partial charge in [0.1, 0.15) is 11.4 Å². The largest absolute Gasteiger partial charge is 0.480 e. The Kier molecular flexibility index (Phi) is 2.92. The van der Waals surface area contributed by atoms with E-state index in [4.69, 9.17) is 5.11 Å². The number of aliphatic carboxylic acids is 1. The molecule has 0 aliphatic heterocycles. The molecule has 2 aromatic rings. The maximum Gasteiger partial charge on any atom is 0.329 e. The highest BCUT2D eigenvalue weighted by Crippen LogP contribution is 2.30. The standard InChI is InChI=1S/C9H7BrN2O4S/c1-3-5-7(17-6(3)10)11-9(16)12(8(5)15)2-4(13)14/h2H2,1H3,(H,11,16)(H,13,14). The fraction of sp³-hybridized carbons (Fsp3) is 0.222. The third-order valence-electron chi connectivity index (χ3n) is 2.31. The van der Waals surface area contributed by atoms with Crippen LogP contribution in [-0.4, -0.2) is 20.6 Å². The van der Waals surface area contributed by atoms with Crippen molar-refractivity contribution in [2.24, 2.45) is 0 Å². The third kappa shape index (κ3) is 1.93. The molecule has 0 unspecified atom stereocenters. The van der Waals surface area contributed by atoms with Crippen LogP contribution >= 0.6 is 27.3 Å². The lowest BCUT2D eigenvalue weighted by Gasteiger charge is -2.00. The first-order chi connectivity index (χ1) is 7.91. The molecule has 0 fully saturated rings. The average molecular weight is 319 g/mol. The second-order valence-electron chi connectivity index (χ2n) is 3.42. The van der Waals surface area contributed by atoms with Gasteiger partial charge < -0.3 is 5.11 Å². The predicted octanol–water partition coefficient (Wildman–Crippen LogP) is 0.907. The number of nitrogens with one attached hydrogen (secondary N) is 1. The molecule has 0 amide bonds. The van der Waals surface area contributed by atoms with Gasteiger partial charge in [0.05, 0.1) is 9.17 Å². The zero-order chi connectivity index (χ0) is 12.7. The Labute approximate surface area is 107 Å². The number of fused-ring (bicyclic) bond motifs is 1. The van der Waals surface area contributed by atoms with Crippen LogP contribution in [0, 0.1) is 6.92 Å². The molecule has 0 aromatic carbocycles. The van der Waals surface area contributed by atoms with Crippen molar-refractivity contribution < 1.29 is 9.90 Å². The second-order valence-corrected chi connectivity index (χ2v) is 5.76. The van der Waals surface area contributed by atoms with Gasteiger partial charge in [0, 0.05) is 0 Å². The van der Waals surface area contributed by atoms with Gasteiger partial charge in [-0.2, -0.15) is 0 Å². The highest BCUT2D eigenvalue weighted by molar-refractivity contribution is 9.11. The van der Waals surface area contributed by atoms with Crippen molar-refractivity contribution >= 4 is 43.5 Å². The van der Waals surface area contributed by atoms with Crippen LogP contribution in [0.5, 0.6) is 0 Å². The molecule has 0 radical (unpaired) electrons. The summed E-state index contributed by atoms with van der Waals surface area (Å²) in [4.78, 5) is 37.1. The Morgan fingerprint density at radius 1 is 1.53 bits per heavy atom. The number of thiophene rings is 1. The van der Waals surface area contributed by atoms with E-state index in [2.05, 4.69) is 20.9 Å². The van der Waals surface area contributed by atoms with Crippen molar-refractivity contribution in [3.63, 3.8) is 0 Å². The lowest BCUT2D eigenvalue weighted by molar-refractivity contribution is -0.137. The first-order valence-electron chi connectivity index (χ1n) is 4.55. The molecule has 6 nitrogen and oxygen atoms in total. The van der Waals surface area contributed by atoms with E-state index in [1.807, 2.05) is 0 Å². The SMILES string of the molecule is Cc1c(Br)sc2[nH]c(=O)n(CC(=O)O)c(=O)c12. The first-order valence-corrected chi connectivity index (χ1v) is 6.16. The van der Waals surface area contributed by atoms with Crippen LogP contribution in [0.15, 0.2) is 13.4 Å². The lowest BCUT2D eigenvalue weighted by atomic mass is 10.3. The second kappa shape index (κ2) is 4.11. The molecule has 2 N–H and O–H groups in total. The van der Waals surface area contributed by atoms with Crippen molar-refractivity contribution in [2.75, 3.05) is 0 Å².